The Bertz CT molecular complexity index is 1670. The van der Waals surface area contributed by atoms with Gasteiger partial charge >= 0.3 is 0 Å². The van der Waals surface area contributed by atoms with Crippen LogP contribution in [0.25, 0.3) is 11.1 Å². The highest BCUT2D eigenvalue weighted by Crippen LogP contribution is 2.35. The lowest BCUT2D eigenvalue weighted by Crippen LogP contribution is -2.14. The van der Waals surface area contributed by atoms with Gasteiger partial charge < -0.3 is 20.8 Å². The third kappa shape index (κ3) is 8.37. The fourth-order valence-corrected chi connectivity index (χ4v) is 4.17. The van der Waals surface area contributed by atoms with Crippen LogP contribution in [-0.2, 0) is 9.59 Å². The van der Waals surface area contributed by atoms with Gasteiger partial charge in [-0.05, 0) is 73.5 Å². The molecule has 0 aromatic heterocycles. The number of nitrogens with one attached hydrogen (secondary N) is 2. The second-order valence-electron chi connectivity index (χ2n) is 9.24. The minimum Gasteiger partial charge on any atom is -0.510 e. The van der Waals surface area contributed by atoms with Crippen LogP contribution >= 0.6 is 23.2 Å². The highest BCUT2D eigenvalue weighted by molar-refractivity contribution is 6.34. The highest BCUT2D eigenvalue weighted by Gasteiger charge is 2.15. The summed E-state index contributed by atoms with van der Waals surface area (Å²) in [5.74, 6) is -1.88. The van der Waals surface area contributed by atoms with Gasteiger partial charge in [0.2, 0.25) is 0 Å². The summed E-state index contributed by atoms with van der Waals surface area (Å²) >= 11 is 12.9. The van der Waals surface area contributed by atoms with Crippen LogP contribution in [0, 0.1) is 0 Å². The molecule has 2 amide bonds. The van der Waals surface area contributed by atoms with Gasteiger partial charge in [0.15, 0.2) is 11.4 Å². The molecule has 222 valence electrons. The summed E-state index contributed by atoms with van der Waals surface area (Å²) in [4.78, 5) is 25.2. The molecule has 0 saturated carbocycles. The minimum atomic E-state index is -0.631. The molecule has 4 N–H and O–H groups in total. The number of rotatable bonds is 9. The molecule has 0 aliphatic heterocycles. The van der Waals surface area contributed by atoms with Crippen molar-refractivity contribution in [3.8, 4) is 11.1 Å². The van der Waals surface area contributed by atoms with Crippen molar-refractivity contribution in [2.45, 2.75) is 13.8 Å². The number of para-hydroxylation sites is 2. The first-order valence-corrected chi connectivity index (χ1v) is 13.8. The zero-order chi connectivity index (χ0) is 31.6. The number of carbonyl (C=O) groups is 2. The number of carbonyl (C=O) groups excluding carboxylic acids is 2. The standard InChI is InChI=1S/C32H26Cl2N6O4/c1-19(41)29(31(43)35-23-9-5-3-6-10-23)39-37-27-15-13-21(17-25(27)33)22-14-16-28(26(34)18-22)38-40-30(20(2)42)32(44)36-24-11-7-4-8-12-24/h3-18,41-42H,1-2H3,(H,35,43)(H,36,44)/b29-19-,30-20-,39-37+,40-38+. The second-order valence-corrected chi connectivity index (χ2v) is 10.1. The average molecular weight is 630 g/mol. The quantitative estimate of drug-likeness (QED) is 0.0828. The van der Waals surface area contributed by atoms with Crippen molar-refractivity contribution in [1.82, 2.24) is 0 Å². The predicted octanol–water partition coefficient (Wildman–Crippen LogP) is 9.68. The number of anilines is 2. The molecule has 44 heavy (non-hydrogen) atoms. The molecule has 12 heteroatoms. The van der Waals surface area contributed by atoms with Gasteiger partial charge in [-0.2, -0.15) is 0 Å². The number of benzene rings is 4. The lowest BCUT2D eigenvalue weighted by atomic mass is 10.1. The van der Waals surface area contributed by atoms with Crippen molar-refractivity contribution >= 4 is 57.8 Å². The van der Waals surface area contributed by atoms with Crippen molar-refractivity contribution in [1.29, 1.82) is 0 Å². The van der Waals surface area contributed by atoms with E-state index in [1.807, 2.05) is 12.1 Å². The molecular formula is C32H26Cl2N6O4. The minimum absolute atomic E-state index is 0.238. The van der Waals surface area contributed by atoms with Gasteiger partial charge in [-0.1, -0.05) is 71.7 Å². The van der Waals surface area contributed by atoms with Crippen molar-refractivity contribution < 1.29 is 19.8 Å². The lowest BCUT2D eigenvalue weighted by Gasteiger charge is -2.08. The van der Waals surface area contributed by atoms with Gasteiger partial charge in [0.05, 0.1) is 10.0 Å². The third-order valence-corrected chi connectivity index (χ3v) is 6.53. The van der Waals surface area contributed by atoms with E-state index in [1.54, 1.807) is 84.9 Å². The molecule has 4 aromatic rings. The van der Waals surface area contributed by atoms with E-state index in [2.05, 4.69) is 31.1 Å². The predicted molar refractivity (Wildman–Crippen MR) is 172 cm³/mol. The van der Waals surface area contributed by atoms with Crippen molar-refractivity contribution in [3.05, 3.63) is 130 Å². The van der Waals surface area contributed by atoms with E-state index in [-0.39, 0.29) is 44.3 Å². The number of amides is 2. The van der Waals surface area contributed by atoms with Crippen molar-refractivity contribution in [3.63, 3.8) is 0 Å². The maximum atomic E-state index is 12.6. The van der Waals surface area contributed by atoms with Gasteiger partial charge in [0.1, 0.15) is 22.9 Å². The topological polar surface area (TPSA) is 148 Å². The monoisotopic (exact) mass is 628 g/mol. The SMILES string of the molecule is C/C(O)=C(/N=N/c1ccc(-c2ccc(/N=N/C(C(=O)Nc3ccccc3)=C(/C)O)c(Cl)c2)cc1Cl)C(=O)Nc1ccccc1. The average Bonchev–Trinajstić information content (AvgIpc) is 2.99. The summed E-state index contributed by atoms with van der Waals surface area (Å²) in [7, 11) is 0. The molecule has 0 aliphatic rings. The Labute approximate surface area is 263 Å². The second kappa shape index (κ2) is 14.7. The van der Waals surface area contributed by atoms with Crippen LogP contribution < -0.4 is 10.6 Å². The molecule has 0 bridgehead atoms. The molecule has 4 rings (SSSR count). The first kappa shape index (κ1) is 31.6. The normalized spacial score (nSPS) is 12.5. The maximum absolute atomic E-state index is 12.6. The number of halogens is 2. The van der Waals surface area contributed by atoms with Crippen LogP contribution in [0.5, 0.6) is 0 Å². The molecule has 0 spiro atoms. The largest absolute Gasteiger partial charge is 0.510 e. The summed E-state index contributed by atoms with van der Waals surface area (Å²) in [5, 5.41) is 41.7. The Hall–Kier alpha value is -5.32. The first-order chi connectivity index (χ1) is 21.1. The highest BCUT2D eigenvalue weighted by atomic mass is 35.5. The lowest BCUT2D eigenvalue weighted by molar-refractivity contribution is -0.113. The number of azo groups is 2. The molecule has 0 heterocycles. The van der Waals surface area contributed by atoms with Crippen LogP contribution in [0.4, 0.5) is 22.7 Å². The Morgan fingerprint density at radius 2 is 0.955 bits per heavy atom. The fourth-order valence-electron chi connectivity index (χ4n) is 3.73. The van der Waals surface area contributed by atoms with E-state index >= 15 is 0 Å². The number of nitrogens with zero attached hydrogens (tertiary/aromatic N) is 4. The summed E-state index contributed by atoms with van der Waals surface area (Å²) in [6.45, 7) is 2.66. The van der Waals surface area contributed by atoms with Crippen LogP contribution in [0.2, 0.25) is 10.0 Å². The van der Waals surface area contributed by atoms with Gasteiger partial charge in [-0.3, -0.25) is 9.59 Å². The summed E-state index contributed by atoms with van der Waals surface area (Å²) in [6, 6.07) is 27.4. The molecule has 0 unspecified atom stereocenters. The molecular weight excluding hydrogens is 603 g/mol. The zero-order valence-corrected chi connectivity index (χ0v) is 25.0. The Balaban J connectivity index is 1.48. The Morgan fingerprint density at radius 3 is 1.27 bits per heavy atom. The van der Waals surface area contributed by atoms with Crippen LogP contribution in [0.3, 0.4) is 0 Å². The number of hydrogen-bond acceptors (Lipinski definition) is 8. The molecule has 0 aliphatic carbocycles. The number of allylic oxidation sites excluding steroid dienone is 2. The summed E-state index contributed by atoms with van der Waals surface area (Å²) in [6.07, 6.45) is 0. The zero-order valence-electron chi connectivity index (χ0n) is 23.5. The Kier molecular flexibility index (Phi) is 10.6. The van der Waals surface area contributed by atoms with Crippen LogP contribution in [-0.4, -0.2) is 22.0 Å². The van der Waals surface area contributed by atoms with Crippen molar-refractivity contribution in [2.24, 2.45) is 20.5 Å². The van der Waals surface area contributed by atoms with E-state index in [9.17, 15) is 19.8 Å². The van der Waals surface area contributed by atoms with E-state index < -0.39 is 11.8 Å². The van der Waals surface area contributed by atoms with E-state index in [0.29, 0.717) is 22.5 Å². The number of aliphatic hydroxyl groups is 2. The number of aliphatic hydroxyl groups excluding tert-OH is 2. The summed E-state index contributed by atoms with van der Waals surface area (Å²) in [5.41, 5.74) is 2.47. The van der Waals surface area contributed by atoms with Crippen molar-refractivity contribution in [2.75, 3.05) is 10.6 Å². The van der Waals surface area contributed by atoms with Gasteiger partial charge in [-0.15, -0.1) is 20.5 Å². The molecule has 0 atom stereocenters. The molecule has 10 nitrogen and oxygen atoms in total. The first-order valence-electron chi connectivity index (χ1n) is 13.1. The van der Waals surface area contributed by atoms with Crippen LogP contribution in [0.1, 0.15) is 13.8 Å². The van der Waals surface area contributed by atoms with Gasteiger partial charge in [0, 0.05) is 11.4 Å². The maximum Gasteiger partial charge on any atom is 0.279 e. The molecule has 0 fully saturated rings. The molecule has 0 radical (unpaired) electrons. The van der Waals surface area contributed by atoms with Crippen LogP contribution in [0.15, 0.2) is 140 Å². The summed E-state index contributed by atoms with van der Waals surface area (Å²) < 4.78 is 0. The Morgan fingerprint density at radius 1 is 0.591 bits per heavy atom. The smallest absolute Gasteiger partial charge is 0.279 e. The van der Waals surface area contributed by atoms with E-state index in [1.165, 1.54) is 13.8 Å². The number of hydrogen-bond donors (Lipinski definition) is 4. The molecule has 4 aromatic carbocycles. The van der Waals surface area contributed by atoms with E-state index in [0.717, 1.165) is 0 Å². The fraction of sp³-hybridized carbons (Fsp3) is 0.0625. The molecule has 0 saturated heterocycles. The van der Waals surface area contributed by atoms with Gasteiger partial charge in [0.25, 0.3) is 11.8 Å². The third-order valence-electron chi connectivity index (χ3n) is 5.92. The van der Waals surface area contributed by atoms with E-state index in [4.69, 9.17) is 23.2 Å². The van der Waals surface area contributed by atoms with Gasteiger partial charge in [-0.25, -0.2) is 0 Å².